The van der Waals surface area contributed by atoms with E-state index in [0.29, 0.717) is 12.1 Å². The third-order valence-electron chi connectivity index (χ3n) is 3.31. The topological polar surface area (TPSA) is 41.1 Å². The maximum atomic E-state index is 13.5. The summed E-state index contributed by atoms with van der Waals surface area (Å²) < 4.78 is 39.7. The summed E-state index contributed by atoms with van der Waals surface area (Å²) in [6, 6.07) is 0.843. The average Bonchev–Trinajstić information content (AvgIpc) is 2.30. The molecule has 1 aromatic carbocycles. The molecule has 1 saturated heterocycles. The van der Waals surface area contributed by atoms with Gasteiger partial charge in [0.1, 0.15) is 23.0 Å². The highest BCUT2D eigenvalue weighted by Gasteiger charge is 2.26. The van der Waals surface area contributed by atoms with Crippen LogP contribution in [0.15, 0.2) is 12.1 Å². The normalized spacial score (nSPS) is 23.2. The molecule has 2 rings (SSSR count). The summed E-state index contributed by atoms with van der Waals surface area (Å²) in [6.07, 6.45) is 1.62. The lowest BCUT2D eigenvalue weighted by Gasteiger charge is -2.30. The molecular formula is C13H15F3N2O. The first kappa shape index (κ1) is 13.9. The third-order valence-corrected chi connectivity index (χ3v) is 3.31. The van der Waals surface area contributed by atoms with Crippen LogP contribution in [0.25, 0.3) is 0 Å². The van der Waals surface area contributed by atoms with Crippen LogP contribution in [0.2, 0.25) is 0 Å². The van der Waals surface area contributed by atoms with Gasteiger partial charge in [-0.25, -0.2) is 13.2 Å². The average molecular weight is 272 g/mol. The van der Waals surface area contributed by atoms with Gasteiger partial charge in [-0.3, -0.25) is 4.79 Å². The molecule has 2 atom stereocenters. The van der Waals surface area contributed by atoms with Crippen molar-refractivity contribution >= 4 is 5.91 Å². The SMILES string of the molecule is C[C@H]1NCCC[C@@H]1NC(=O)c1c(F)cc(F)cc1F. The molecule has 1 aromatic rings. The molecule has 0 unspecified atom stereocenters. The lowest BCUT2D eigenvalue weighted by Crippen LogP contribution is -2.52. The van der Waals surface area contributed by atoms with Crippen molar-refractivity contribution in [2.45, 2.75) is 31.8 Å². The van der Waals surface area contributed by atoms with Crippen LogP contribution >= 0.6 is 0 Å². The van der Waals surface area contributed by atoms with Gasteiger partial charge < -0.3 is 10.6 Å². The monoisotopic (exact) mass is 272 g/mol. The van der Waals surface area contributed by atoms with E-state index in [9.17, 15) is 18.0 Å². The molecule has 0 aromatic heterocycles. The van der Waals surface area contributed by atoms with Gasteiger partial charge in [-0.15, -0.1) is 0 Å². The van der Waals surface area contributed by atoms with Crippen LogP contribution in [-0.2, 0) is 0 Å². The highest BCUT2D eigenvalue weighted by molar-refractivity contribution is 5.95. The van der Waals surface area contributed by atoms with Crippen molar-refractivity contribution in [2.75, 3.05) is 6.54 Å². The van der Waals surface area contributed by atoms with Crippen molar-refractivity contribution in [2.24, 2.45) is 0 Å². The van der Waals surface area contributed by atoms with Gasteiger partial charge in [0.15, 0.2) is 0 Å². The Balaban J connectivity index is 2.16. The minimum atomic E-state index is -1.19. The zero-order valence-corrected chi connectivity index (χ0v) is 10.5. The van der Waals surface area contributed by atoms with E-state index in [1.165, 1.54) is 0 Å². The molecule has 6 heteroatoms. The summed E-state index contributed by atoms with van der Waals surface area (Å²) in [5, 5.41) is 5.75. The Morgan fingerprint density at radius 1 is 1.32 bits per heavy atom. The molecule has 3 nitrogen and oxygen atoms in total. The number of rotatable bonds is 2. The Labute approximate surface area is 109 Å². The largest absolute Gasteiger partial charge is 0.348 e. The van der Waals surface area contributed by atoms with Crippen LogP contribution in [0.1, 0.15) is 30.1 Å². The van der Waals surface area contributed by atoms with Gasteiger partial charge >= 0.3 is 0 Å². The van der Waals surface area contributed by atoms with Crippen LogP contribution in [-0.4, -0.2) is 24.5 Å². The summed E-state index contributed by atoms with van der Waals surface area (Å²) in [6.45, 7) is 2.74. The van der Waals surface area contributed by atoms with E-state index in [1.807, 2.05) is 6.92 Å². The molecule has 104 valence electrons. The summed E-state index contributed by atoms with van der Waals surface area (Å²) in [5.74, 6) is -4.27. The van der Waals surface area contributed by atoms with E-state index in [0.717, 1.165) is 19.4 Å². The summed E-state index contributed by atoms with van der Waals surface area (Å²) in [4.78, 5) is 11.9. The number of nitrogens with one attached hydrogen (secondary N) is 2. The summed E-state index contributed by atoms with van der Waals surface area (Å²) in [7, 11) is 0. The van der Waals surface area contributed by atoms with E-state index in [4.69, 9.17) is 0 Å². The zero-order valence-electron chi connectivity index (χ0n) is 10.5. The highest BCUT2D eigenvalue weighted by atomic mass is 19.1. The molecule has 1 aliphatic heterocycles. The highest BCUT2D eigenvalue weighted by Crippen LogP contribution is 2.16. The minimum Gasteiger partial charge on any atom is -0.348 e. The van der Waals surface area contributed by atoms with Crippen molar-refractivity contribution in [3.05, 3.63) is 35.1 Å². The number of benzene rings is 1. The molecule has 0 spiro atoms. The lowest BCUT2D eigenvalue weighted by molar-refractivity contribution is 0.0911. The first-order chi connectivity index (χ1) is 8.99. The molecule has 1 amide bonds. The van der Waals surface area contributed by atoms with Crippen LogP contribution in [0.3, 0.4) is 0 Å². The number of hydrogen-bond acceptors (Lipinski definition) is 2. The fourth-order valence-corrected chi connectivity index (χ4v) is 2.24. The van der Waals surface area contributed by atoms with E-state index < -0.39 is 28.9 Å². The number of hydrogen-bond donors (Lipinski definition) is 2. The molecule has 1 aliphatic rings. The molecule has 1 fully saturated rings. The van der Waals surface area contributed by atoms with Gasteiger partial charge in [0, 0.05) is 24.2 Å². The third kappa shape index (κ3) is 3.07. The van der Waals surface area contributed by atoms with Gasteiger partial charge in [0.05, 0.1) is 0 Å². The van der Waals surface area contributed by atoms with Gasteiger partial charge in [-0.2, -0.15) is 0 Å². The fourth-order valence-electron chi connectivity index (χ4n) is 2.24. The molecule has 0 bridgehead atoms. The molecule has 0 aliphatic carbocycles. The molecule has 0 saturated carbocycles. The lowest BCUT2D eigenvalue weighted by atomic mass is 9.99. The van der Waals surface area contributed by atoms with Crippen LogP contribution in [0.4, 0.5) is 13.2 Å². The van der Waals surface area contributed by atoms with Gasteiger partial charge in [-0.1, -0.05) is 0 Å². The van der Waals surface area contributed by atoms with E-state index >= 15 is 0 Å². The van der Waals surface area contributed by atoms with Crippen molar-refractivity contribution in [3.63, 3.8) is 0 Å². The Bertz CT molecular complexity index is 470. The van der Waals surface area contributed by atoms with Crippen molar-refractivity contribution in [3.8, 4) is 0 Å². The van der Waals surface area contributed by atoms with Gasteiger partial charge in [0.25, 0.3) is 5.91 Å². The maximum Gasteiger partial charge on any atom is 0.257 e. The summed E-state index contributed by atoms with van der Waals surface area (Å²) in [5.41, 5.74) is -0.737. The summed E-state index contributed by atoms with van der Waals surface area (Å²) >= 11 is 0. The Hall–Kier alpha value is -1.56. The smallest absolute Gasteiger partial charge is 0.257 e. The Morgan fingerprint density at radius 2 is 1.95 bits per heavy atom. The molecule has 0 radical (unpaired) electrons. The first-order valence-electron chi connectivity index (χ1n) is 6.18. The van der Waals surface area contributed by atoms with E-state index in [2.05, 4.69) is 10.6 Å². The second-order valence-electron chi connectivity index (χ2n) is 4.71. The fraction of sp³-hybridized carbons (Fsp3) is 0.462. The van der Waals surface area contributed by atoms with E-state index in [-0.39, 0.29) is 12.1 Å². The standard InChI is InChI=1S/C13H15F3N2O/c1-7-11(3-2-4-17-7)18-13(19)12-9(15)5-8(14)6-10(12)16/h5-7,11,17H,2-4H2,1H3,(H,18,19)/t7-,11+/m1/s1. The Kier molecular flexibility index (Phi) is 4.09. The molecular weight excluding hydrogens is 257 g/mol. The molecule has 19 heavy (non-hydrogen) atoms. The van der Waals surface area contributed by atoms with E-state index in [1.54, 1.807) is 0 Å². The number of carbonyl (C=O) groups is 1. The van der Waals surface area contributed by atoms with Crippen LogP contribution < -0.4 is 10.6 Å². The number of carbonyl (C=O) groups excluding carboxylic acids is 1. The van der Waals surface area contributed by atoms with Crippen molar-refractivity contribution in [1.82, 2.24) is 10.6 Å². The predicted molar refractivity (Wildman–Crippen MR) is 64.3 cm³/mol. The van der Waals surface area contributed by atoms with Crippen molar-refractivity contribution < 1.29 is 18.0 Å². The molecule has 1 heterocycles. The maximum absolute atomic E-state index is 13.5. The first-order valence-corrected chi connectivity index (χ1v) is 6.18. The minimum absolute atomic E-state index is 0.0317. The Morgan fingerprint density at radius 3 is 2.53 bits per heavy atom. The quantitative estimate of drug-likeness (QED) is 0.864. The second-order valence-corrected chi connectivity index (χ2v) is 4.71. The van der Waals surface area contributed by atoms with Gasteiger partial charge in [0.2, 0.25) is 0 Å². The predicted octanol–water partition coefficient (Wildman–Crippen LogP) is 1.97. The molecule has 2 N–H and O–H groups in total. The number of piperidine rings is 1. The van der Waals surface area contributed by atoms with Crippen LogP contribution in [0.5, 0.6) is 0 Å². The zero-order chi connectivity index (χ0) is 14.0. The van der Waals surface area contributed by atoms with Crippen LogP contribution in [0, 0.1) is 17.5 Å². The second kappa shape index (κ2) is 5.61. The number of amides is 1. The van der Waals surface area contributed by atoms with Crippen molar-refractivity contribution in [1.29, 1.82) is 0 Å². The van der Waals surface area contributed by atoms with Gasteiger partial charge in [-0.05, 0) is 26.3 Å². The number of halogens is 3.